The van der Waals surface area contributed by atoms with Crippen molar-refractivity contribution < 1.29 is 5.11 Å². The highest BCUT2D eigenvalue weighted by Crippen LogP contribution is 2.12. The van der Waals surface area contributed by atoms with Gasteiger partial charge in [0.2, 0.25) is 0 Å². The number of halogens is 1. The summed E-state index contributed by atoms with van der Waals surface area (Å²) in [6.45, 7) is 3.64. The van der Waals surface area contributed by atoms with Gasteiger partial charge >= 0.3 is 0 Å². The molecule has 0 aromatic rings. The predicted molar refractivity (Wildman–Crippen MR) is 34.5 cm³/mol. The summed E-state index contributed by atoms with van der Waals surface area (Å²) in [5, 5.41) is 8.65. The van der Waals surface area contributed by atoms with E-state index >= 15 is 0 Å². The van der Waals surface area contributed by atoms with Gasteiger partial charge in [-0.1, -0.05) is 22.9 Å². The number of hydrogen-bond acceptors (Lipinski definition) is 1. The molecule has 0 aliphatic carbocycles. The summed E-state index contributed by atoms with van der Waals surface area (Å²) in [6.07, 6.45) is 0.863. The zero-order chi connectivity index (χ0) is 5.86. The van der Waals surface area contributed by atoms with Crippen LogP contribution < -0.4 is 0 Å². The molecule has 2 heteroatoms. The van der Waals surface area contributed by atoms with Crippen molar-refractivity contribution in [3.63, 3.8) is 0 Å². The second-order valence-corrected chi connectivity index (χ2v) is 2.30. The van der Waals surface area contributed by atoms with E-state index in [4.69, 9.17) is 5.11 Å². The van der Waals surface area contributed by atoms with Crippen molar-refractivity contribution in [3.8, 4) is 0 Å². The molecule has 0 amide bonds. The van der Waals surface area contributed by atoms with Gasteiger partial charge in [0.25, 0.3) is 0 Å². The minimum Gasteiger partial charge on any atom is -0.512 e. The average Bonchev–Trinajstić information content (AvgIpc) is 1.65. The lowest BCUT2D eigenvalue weighted by Gasteiger charge is -1.91. The Kier molecular flexibility index (Phi) is 3.09. The summed E-state index contributed by atoms with van der Waals surface area (Å²) in [5.41, 5.74) is 0. The van der Waals surface area contributed by atoms with Gasteiger partial charge < -0.3 is 5.11 Å². The number of rotatable bonds is 1. The van der Waals surface area contributed by atoms with Crippen molar-refractivity contribution in [1.82, 2.24) is 0 Å². The normalized spacial score (nSPS) is 13.6. The summed E-state index contributed by atoms with van der Waals surface area (Å²) in [5.74, 6) is 0.377. The minimum atomic E-state index is 0.377. The summed E-state index contributed by atoms with van der Waals surface area (Å²) in [6, 6.07) is 0. The first-order valence-electron chi connectivity index (χ1n) is 2.22. The Morgan fingerprint density at radius 3 is 2.14 bits per heavy atom. The maximum atomic E-state index is 8.65. The number of hydrogen-bond donors (Lipinski definition) is 1. The van der Waals surface area contributed by atoms with Crippen LogP contribution >= 0.6 is 15.9 Å². The zero-order valence-electron chi connectivity index (χ0n) is 4.53. The lowest BCUT2D eigenvalue weighted by atomic mass is 10.4. The van der Waals surface area contributed by atoms with Crippen LogP contribution in [-0.4, -0.2) is 5.11 Å². The van der Waals surface area contributed by atoms with Gasteiger partial charge in [0.05, 0.1) is 5.76 Å². The molecule has 42 valence electrons. The van der Waals surface area contributed by atoms with Gasteiger partial charge in [0.15, 0.2) is 0 Å². The van der Waals surface area contributed by atoms with E-state index in [9.17, 15) is 0 Å². The molecule has 0 spiro atoms. The van der Waals surface area contributed by atoms with Gasteiger partial charge in [-0.25, -0.2) is 0 Å². The van der Waals surface area contributed by atoms with E-state index in [1.54, 1.807) is 6.92 Å². The molecule has 0 saturated carbocycles. The van der Waals surface area contributed by atoms with Crippen molar-refractivity contribution in [2.45, 2.75) is 20.3 Å². The number of allylic oxidation sites excluding steroid dienone is 2. The van der Waals surface area contributed by atoms with Gasteiger partial charge in [-0.3, -0.25) is 0 Å². The fourth-order valence-electron chi connectivity index (χ4n) is 0.256. The third-order valence-electron chi connectivity index (χ3n) is 0.703. The van der Waals surface area contributed by atoms with E-state index in [2.05, 4.69) is 15.9 Å². The first-order valence-corrected chi connectivity index (χ1v) is 3.02. The monoisotopic (exact) mass is 164 g/mol. The molecular formula is C5H9BrO. The number of aliphatic hydroxyl groups excluding tert-OH is 1. The van der Waals surface area contributed by atoms with Crippen LogP contribution in [0.4, 0.5) is 0 Å². The molecule has 1 N–H and O–H groups in total. The molecule has 0 saturated heterocycles. The summed E-state index contributed by atoms with van der Waals surface area (Å²) in [7, 11) is 0. The van der Waals surface area contributed by atoms with E-state index in [1.165, 1.54) is 0 Å². The Morgan fingerprint density at radius 2 is 2.14 bits per heavy atom. The Morgan fingerprint density at radius 1 is 1.71 bits per heavy atom. The Labute approximate surface area is 52.2 Å². The maximum Gasteiger partial charge on any atom is 0.0992 e. The van der Waals surface area contributed by atoms with E-state index in [-0.39, 0.29) is 0 Å². The number of aliphatic hydroxyl groups is 1. The lowest BCUT2D eigenvalue weighted by molar-refractivity contribution is 0.410. The van der Waals surface area contributed by atoms with Crippen LogP contribution in [0.5, 0.6) is 0 Å². The van der Waals surface area contributed by atoms with Gasteiger partial charge in [0.1, 0.15) is 0 Å². The van der Waals surface area contributed by atoms with Crippen molar-refractivity contribution in [3.05, 3.63) is 10.2 Å². The first kappa shape index (κ1) is 7.02. The maximum absolute atomic E-state index is 8.65. The molecule has 0 aliphatic heterocycles. The van der Waals surface area contributed by atoms with Crippen molar-refractivity contribution >= 4 is 15.9 Å². The Balaban J connectivity index is 3.72. The molecule has 0 aliphatic rings. The van der Waals surface area contributed by atoms with Crippen molar-refractivity contribution in [1.29, 1.82) is 0 Å². The van der Waals surface area contributed by atoms with Gasteiger partial charge in [-0.2, -0.15) is 0 Å². The van der Waals surface area contributed by atoms with Crippen molar-refractivity contribution in [2.75, 3.05) is 0 Å². The summed E-state index contributed by atoms with van der Waals surface area (Å²) < 4.78 is 0.882. The van der Waals surface area contributed by atoms with Gasteiger partial charge in [-0.05, 0) is 13.3 Å². The third kappa shape index (κ3) is 2.68. The highest BCUT2D eigenvalue weighted by molar-refractivity contribution is 9.11. The fourth-order valence-corrected chi connectivity index (χ4v) is 0.256. The quantitative estimate of drug-likeness (QED) is 0.592. The molecule has 0 unspecified atom stereocenters. The lowest BCUT2D eigenvalue weighted by Crippen LogP contribution is -1.73. The summed E-state index contributed by atoms with van der Waals surface area (Å²) in [4.78, 5) is 0. The van der Waals surface area contributed by atoms with Crippen LogP contribution in [-0.2, 0) is 0 Å². The second kappa shape index (κ2) is 3.08. The van der Waals surface area contributed by atoms with E-state index < -0.39 is 0 Å². The molecule has 7 heavy (non-hydrogen) atoms. The third-order valence-corrected chi connectivity index (χ3v) is 1.84. The summed E-state index contributed by atoms with van der Waals surface area (Å²) >= 11 is 3.17. The predicted octanol–water partition coefficient (Wildman–Crippen LogP) is 2.58. The molecule has 0 fully saturated rings. The van der Waals surface area contributed by atoms with E-state index in [1.807, 2.05) is 6.92 Å². The minimum absolute atomic E-state index is 0.377. The highest BCUT2D eigenvalue weighted by atomic mass is 79.9. The Hall–Kier alpha value is 0.0200. The van der Waals surface area contributed by atoms with Crippen LogP contribution in [0, 0.1) is 0 Å². The fraction of sp³-hybridized carbons (Fsp3) is 0.600. The molecule has 0 heterocycles. The highest BCUT2D eigenvalue weighted by Gasteiger charge is 1.88. The van der Waals surface area contributed by atoms with E-state index in [0.29, 0.717) is 5.76 Å². The van der Waals surface area contributed by atoms with Crippen LogP contribution in [0.25, 0.3) is 0 Å². The smallest absolute Gasteiger partial charge is 0.0992 e. The van der Waals surface area contributed by atoms with Crippen LogP contribution in [0.1, 0.15) is 20.3 Å². The van der Waals surface area contributed by atoms with Crippen LogP contribution in [0.15, 0.2) is 10.2 Å². The van der Waals surface area contributed by atoms with Crippen LogP contribution in [0.2, 0.25) is 0 Å². The standard InChI is InChI=1S/C5H9BrO/c1-3-5(6)4(2)7/h7H,3H2,1-2H3. The molecule has 1 nitrogen and oxygen atoms in total. The molecule has 0 aromatic carbocycles. The van der Waals surface area contributed by atoms with Gasteiger partial charge in [0, 0.05) is 4.48 Å². The SMILES string of the molecule is CCC(Br)=C(C)O. The molecular weight excluding hydrogens is 156 g/mol. The second-order valence-electron chi connectivity index (χ2n) is 1.34. The first-order chi connectivity index (χ1) is 3.18. The van der Waals surface area contributed by atoms with E-state index in [0.717, 1.165) is 10.9 Å². The average molecular weight is 165 g/mol. The Bertz CT molecular complexity index is 82.1. The largest absolute Gasteiger partial charge is 0.512 e. The van der Waals surface area contributed by atoms with Gasteiger partial charge in [-0.15, -0.1) is 0 Å². The van der Waals surface area contributed by atoms with Crippen molar-refractivity contribution in [2.24, 2.45) is 0 Å². The molecule has 0 bridgehead atoms. The van der Waals surface area contributed by atoms with Crippen LogP contribution in [0.3, 0.4) is 0 Å². The topological polar surface area (TPSA) is 20.2 Å². The molecule has 0 rings (SSSR count). The molecule has 0 aromatic heterocycles. The zero-order valence-corrected chi connectivity index (χ0v) is 6.12. The molecule has 0 radical (unpaired) electrons. The molecule has 0 atom stereocenters.